The number of hydrogen-bond donors (Lipinski definition) is 4. The number of nitrogens with one attached hydrogen (secondary N) is 4. The number of fused-ring (bicyclic) bond motifs is 1. The highest BCUT2D eigenvalue weighted by atomic mass is 16.2. The topological polar surface area (TPSA) is 98.9 Å². The highest BCUT2D eigenvalue weighted by molar-refractivity contribution is 5.95. The fraction of sp³-hybridized carbons (Fsp3) is 0.318. The van der Waals surface area contributed by atoms with Gasteiger partial charge in [0.05, 0.1) is 17.1 Å². The molecule has 3 aromatic rings. The van der Waals surface area contributed by atoms with Crippen LogP contribution >= 0.6 is 0 Å². The molecule has 1 heterocycles. The van der Waals surface area contributed by atoms with Crippen LogP contribution in [0.5, 0.6) is 0 Å². The Kier molecular flexibility index (Phi) is 6.16. The van der Waals surface area contributed by atoms with E-state index in [0.29, 0.717) is 11.3 Å². The van der Waals surface area contributed by atoms with E-state index in [4.69, 9.17) is 0 Å². The lowest BCUT2D eigenvalue weighted by Crippen LogP contribution is -2.34. The molecule has 0 aliphatic rings. The van der Waals surface area contributed by atoms with Crippen LogP contribution in [0.15, 0.2) is 48.5 Å². The van der Waals surface area contributed by atoms with Gasteiger partial charge in [0.1, 0.15) is 5.82 Å². The van der Waals surface area contributed by atoms with Gasteiger partial charge in [0.25, 0.3) is 5.91 Å². The summed E-state index contributed by atoms with van der Waals surface area (Å²) in [6.45, 7) is 7.86. The molecular weight excluding hydrogens is 366 g/mol. The van der Waals surface area contributed by atoms with Crippen LogP contribution in [0.2, 0.25) is 0 Å². The maximum absolute atomic E-state index is 12.8. The minimum atomic E-state index is -0.276. The van der Waals surface area contributed by atoms with E-state index >= 15 is 0 Å². The number of aromatic amines is 1. The van der Waals surface area contributed by atoms with Gasteiger partial charge in [-0.15, -0.1) is 0 Å². The summed E-state index contributed by atoms with van der Waals surface area (Å²) in [6, 6.07) is 14.1. The van der Waals surface area contributed by atoms with Crippen LogP contribution in [0.1, 0.15) is 49.9 Å². The molecule has 2 aromatic carbocycles. The lowest BCUT2D eigenvalue weighted by Gasteiger charge is -2.20. The van der Waals surface area contributed by atoms with Crippen molar-refractivity contribution in [1.82, 2.24) is 20.6 Å². The first-order chi connectivity index (χ1) is 13.8. The molecule has 0 bridgehead atoms. The van der Waals surface area contributed by atoms with Crippen molar-refractivity contribution in [2.24, 2.45) is 5.92 Å². The van der Waals surface area contributed by atoms with Crippen LogP contribution in [0.25, 0.3) is 11.0 Å². The maximum Gasteiger partial charge on any atom is 0.319 e. The Hall–Kier alpha value is -3.35. The van der Waals surface area contributed by atoms with Gasteiger partial charge >= 0.3 is 6.03 Å². The van der Waals surface area contributed by atoms with E-state index in [0.717, 1.165) is 16.9 Å². The van der Waals surface area contributed by atoms with Crippen LogP contribution < -0.4 is 16.0 Å². The molecule has 1 unspecified atom stereocenters. The van der Waals surface area contributed by atoms with Gasteiger partial charge in [-0.25, -0.2) is 9.78 Å². The average Bonchev–Trinajstić information content (AvgIpc) is 3.09. The number of anilines is 1. The lowest BCUT2D eigenvalue weighted by molar-refractivity contribution is 0.0923. The summed E-state index contributed by atoms with van der Waals surface area (Å²) in [6.07, 6.45) is 0. The first kappa shape index (κ1) is 20.4. The number of carbonyl (C=O) groups excluding carboxylic acids is 2. The SMILES string of the molecule is CC(C)NC(=O)Nc1ccc(C(=O)NC(c2nc3ccccc3[nH]2)C(C)C)cc1. The van der Waals surface area contributed by atoms with Crippen LogP contribution in [0.3, 0.4) is 0 Å². The molecule has 0 saturated carbocycles. The van der Waals surface area contributed by atoms with Crippen molar-refractivity contribution < 1.29 is 9.59 Å². The van der Waals surface area contributed by atoms with E-state index in [9.17, 15) is 9.59 Å². The Labute approximate surface area is 170 Å². The van der Waals surface area contributed by atoms with E-state index in [1.807, 2.05) is 52.0 Å². The molecule has 3 amide bonds. The number of hydrogen-bond acceptors (Lipinski definition) is 3. The van der Waals surface area contributed by atoms with Crippen LogP contribution in [0, 0.1) is 5.92 Å². The zero-order chi connectivity index (χ0) is 21.0. The minimum absolute atomic E-state index is 0.0475. The molecule has 152 valence electrons. The van der Waals surface area contributed by atoms with Crippen molar-refractivity contribution in [1.29, 1.82) is 0 Å². The fourth-order valence-electron chi connectivity index (χ4n) is 3.03. The Bertz CT molecular complexity index is 959. The summed E-state index contributed by atoms with van der Waals surface area (Å²) in [7, 11) is 0. The maximum atomic E-state index is 12.8. The molecule has 3 rings (SSSR count). The zero-order valence-electron chi connectivity index (χ0n) is 17.1. The first-order valence-electron chi connectivity index (χ1n) is 9.76. The molecule has 0 saturated heterocycles. The second-order valence-electron chi connectivity index (χ2n) is 7.66. The van der Waals surface area contributed by atoms with Gasteiger partial charge in [0.2, 0.25) is 0 Å². The quantitative estimate of drug-likeness (QED) is 0.504. The Morgan fingerprint density at radius 1 is 0.931 bits per heavy atom. The van der Waals surface area contributed by atoms with Crippen molar-refractivity contribution >= 4 is 28.7 Å². The first-order valence-corrected chi connectivity index (χ1v) is 9.76. The highest BCUT2D eigenvalue weighted by Crippen LogP contribution is 2.23. The molecule has 7 nitrogen and oxygen atoms in total. The summed E-state index contributed by atoms with van der Waals surface area (Å²) >= 11 is 0. The predicted molar refractivity (Wildman–Crippen MR) is 115 cm³/mol. The van der Waals surface area contributed by atoms with E-state index in [1.54, 1.807) is 24.3 Å². The third-order valence-electron chi connectivity index (χ3n) is 4.48. The average molecular weight is 393 g/mol. The zero-order valence-corrected chi connectivity index (χ0v) is 17.1. The molecule has 0 radical (unpaired) electrons. The normalized spacial score (nSPS) is 12.2. The van der Waals surface area contributed by atoms with E-state index in [1.165, 1.54) is 0 Å². The fourth-order valence-corrected chi connectivity index (χ4v) is 3.03. The number of H-pyrrole nitrogens is 1. The van der Waals surface area contributed by atoms with E-state index in [-0.39, 0.29) is 29.9 Å². The third-order valence-corrected chi connectivity index (χ3v) is 4.48. The van der Waals surface area contributed by atoms with Crippen LogP contribution in [0.4, 0.5) is 10.5 Å². The smallest absolute Gasteiger partial charge is 0.319 e. The number of carbonyl (C=O) groups is 2. The Morgan fingerprint density at radius 3 is 2.24 bits per heavy atom. The molecule has 1 aromatic heterocycles. The Balaban J connectivity index is 1.70. The van der Waals surface area contributed by atoms with Crippen LogP contribution in [-0.4, -0.2) is 27.9 Å². The van der Waals surface area contributed by atoms with Crippen molar-refractivity contribution in [2.75, 3.05) is 5.32 Å². The second kappa shape index (κ2) is 8.77. The number of benzene rings is 2. The van der Waals surface area contributed by atoms with Gasteiger partial charge in [-0.3, -0.25) is 4.79 Å². The largest absolute Gasteiger partial charge is 0.342 e. The summed E-state index contributed by atoms with van der Waals surface area (Å²) in [5.41, 5.74) is 2.95. The number of nitrogens with zero attached hydrogens (tertiary/aromatic N) is 1. The van der Waals surface area contributed by atoms with E-state index in [2.05, 4.69) is 25.9 Å². The van der Waals surface area contributed by atoms with Crippen molar-refractivity contribution in [3.8, 4) is 0 Å². The molecule has 29 heavy (non-hydrogen) atoms. The van der Waals surface area contributed by atoms with Crippen molar-refractivity contribution in [3.05, 3.63) is 59.9 Å². The molecule has 0 spiro atoms. The molecule has 0 fully saturated rings. The summed E-state index contributed by atoms with van der Waals surface area (Å²) in [5.74, 6) is 0.695. The molecule has 4 N–H and O–H groups in total. The highest BCUT2D eigenvalue weighted by Gasteiger charge is 2.22. The van der Waals surface area contributed by atoms with Gasteiger partial charge in [-0.1, -0.05) is 26.0 Å². The van der Waals surface area contributed by atoms with Crippen LogP contribution in [-0.2, 0) is 0 Å². The minimum Gasteiger partial charge on any atom is -0.342 e. The van der Waals surface area contributed by atoms with Gasteiger partial charge in [-0.2, -0.15) is 0 Å². The monoisotopic (exact) mass is 393 g/mol. The number of para-hydroxylation sites is 2. The van der Waals surface area contributed by atoms with Gasteiger partial charge < -0.3 is 20.9 Å². The van der Waals surface area contributed by atoms with Crippen molar-refractivity contribution in [2.45, 2.75) is 39.8 Å². The second-order valence-corrected chi connectivity index (χ2v) is 7.66. The summed E-state index contributed by atoms with van der Waals surface area (Å²) in [4.78, 5) is 32.5. The number of imidazole rings is 1. The number of aromatic nitrogens is 2. The number of urea groups is 1. The number of amides is 3. The van der Waals surface area contributed by atoms with Crippen molar-refractivity contribution in [3.63, 3.8) is 0 Å². The predicted octanol–water partition coefficient (Wildman–Crippen LogP) is 4.22. The van der Waals surface area contributed by atoms with E-state index < -0.39 is 0 Å². The number of rotatable bonds is 6. The molecule has 7 heteroatoms. The molecular formula is C22H27N5O2. The van der Waals surface area contributed by atoms with Gasteiger partial charge in [0, 0.05) is 17.3 Å². The lowest BCUT2D eigenvalue weighted by atomic mass is 10.0. The summed E-state index contributed by atoms with van der Waals surface area (Å²) < 4.78 is 0. The summed E-state index contributed by atoms with van der Waals surface area (Å²) in [5, 5.41) is 8.56. The third kappa shape index (κ3) is 5.13. The standard InChI is InChI=1S/C22H27N5O2/c1-13(2)19(20-25-17-7-5-6-8-18(17)26-20)27-21(28)15-9-11-16(12-10-15)24-22(29)23-14(3)4/h5-14,19H,1-4H3,(H,25,26)(H,27,28)(H2,23,24,29). The molecule has 0 aliphatic heterocycles. The Morgan fingerprint density at radius 2 is 1.62 bits per heavy atom. The molecule has 0 aliphatic carbocycles. The molecule has 1 atom stereocenters. The van der Waals surface area contributed by atoms with Gasteiger partial charge in [-0.05, 0) is 56.2 Å². The van der Waals surface area contributed by atoms with Gasteiger partial charge in [0.15, 0.2) is 0 Å².